The highest BCUT2D eigenvalue weighted by Crippen LogP contribution is 2.42. The number of halogens is 4. The van der Waals surface area contributed by atoms with E-state index in [-0.39, 0.29) is 36.7 Å². The van der Waals surface area contributed by atoms with Gasteiger partial charge in [0.2, 0.25) is 11.6 Å². The van der Waals surface area contributed by atoms with Crippen LogP contribution in [-0.2, 0) is 56.7 Å². The second kappa shape index (κ2) is 29.7. The number of ether oxygens (including phenoxy) is 6. The fourth-order valence-electron chi connectivity index (χ4n) is 12.3. The van der Waals surface area contributed by atoms with E-state index in [0.717, 1.165) is 111 Å². The molecule has 0 radical (unpaired) electrons. The van der Waals surface area contributed by atoms with Crippen LogP contribution in [0.15, 0.2) is 181 Å². The third-order valence-electron chi connectivity index (χ3n) is 17.2. The van der Waals surface area contributed by atoms with Gasteiger partial charge in [-0.2, -0.15) is 20.4 Å². The van der Waals surface area contributed by atoms with Gasteiger partial charge in [0.05, 0.1) is 34.6 Å². The molecule has 4 aromatic heterocycles. The summed E-state index contributed by atoms with van der Waals surface area (Å²) in [6.45, 7) is 14.2. The van der Waals surface area contributed by atoms with Crippen LogP contribution in [0.3, 0.4) is 0 Å². The number of hydrogen-bond acceptors (Lipinski definition) is 18. The Bertz CT molecular complexity index is 4020. The van der Waals surface area contributed by atoms with Crippen molar-refractivity contribution in [1.82, 2.24) is 58.2 Å². The van der Waals surface area contributed by atoms with Crippen molar-refractivity contribution in [2.45, 2.75) is 76.7 Å². The summed E-state index contributed by atoms with van der Waals surface area (Å²) in [7, 11) is 0. The Hall–Kier alpha value is -8.72. The van der Waals surface area contributed by atoms with Crippen molar-refractivity contribution in [3.05, 3.63) is 224 Å². The highest BCUT2D eigenvalue weighted by Gasteiger charge is 2.47. The average Bonchev–Trinajstić information content (AvgIpc) is 1.59. The van der Waals surface area contributed by atoms with E-state index in [4.69, 9.17) is 74.8 Å². The normalized spacial score (nSPS) is 19.6. The summed E-state index contributed by atoms with van der Waals surface area (Å²) in [6.07, 6.45) is 10.4. The number of aryl methyl sites for hydroxylation is 2. The maximum absolute atomic E-state index is 12.6. The minimum absolute atomic E-state index is 0.114. The number of rotatable bonds is 22. The molecule has 4 aliphatic heterocycles. The van der Waals surface area contributed by atoms with Gasteiger partial charge in [0.25, 0.3) is 0 Å². The molecule has 96 heavy (non-hydrogen) atoms. The summed E-state index contributed by atoms with van der Waals surface area (Å²) in [5, 5.41) is 18.8. The summed E-state index contributed by atoms with van der Waals surface area (Å²) in [6, 6.07) is 43.0. The molecule has 0 unspecified atom stereocenters. The Labute approximate surface area is 574 Å². The van der Waals surface area contributed by atoms with Gasteiger partial charge in [-0.15, -0.1) is 0 Å². The highest BCUT2D eigenvalue weighted by molar-refractivity contribution is 6.35. The lowest BCUT2D eigenvalue weighted by Crippen LogP contribution is -2.46. The second-order valence-corrected chi connectivity index (χ2v) is 25.3. The Morgan fingerprint density at radius 2 is 0.792 bits per heavy atom. The number of nitrogens with zero attached hydrogens (tertiary/aromatic N) is 16. The molecule has 0 bridgehead atoms. The van der Waals surface area contributed by atoms with E-state index in [1.165, 1.54) is 22.0 Å². The van der Waals surface area contributed by atoms with Crippen LogP contribution in [0, 0.1) is 0 Å². The van der Waals surface area contributed by atoms with Crippen molar-refractivity contribution >= 4 is 69.2 Å². The predicted molar refractivity (Wildman–Crippen MR) is 367 cm³/mol. The lowest BCUT2D eigenvalue weighted by atomic mass is 10.1. The molecule has 24 nitrogen and oxygen atoms in total. The van der Waals surface area contributed by atoms with Gasteiger partial charge < -0.3 is 48.0 Å². The molecule has 0 spiro atoms. The molecule has 28 heteroatoms. The van der Waals surface area contributed by atoms with Gasteiger partial charge in [0, 0.05) is 109 Å². The zero-order valence-electron chi connectivity index (χ0n) is 53.0. The summed E-state index contributed by atoms with van der Waals surface area (Å²) in [4.78, 5) is 42.7. The third-order valence-corrected chi connectivity index (χ3v) is 18.3. The van der Waals surface area contributed by atoms with Crippen molar-refractivity contribution in [1.29, 1.82) is 0 Å². The maximum atomic E-state index is 12.6. The molecule has 8 heterocycles. The largest absolute Gasteiger partial charge is 0.491 e. The summed E-state index contributed by atoms with van der Waals surface area (Å²) >= 11 is 25.5. The van der Waals surface area contributed by atoms with E-state index in [2.05, 4.69) is 98.5 Å². The number of anilines is 4. The molecule has 4 aliphatic rings. The van der Waals surface area contributed by atoms with E-state index in [1.54, 1.807) is 68.1 Å². The fourth-order valence-corrected chi connectivity index (χ4v) is 13.4. The van der Waals surface area contributed by atoms with Gasteiger partial charge in [-0.3, -0.25) is 0 Å². The van der Waals surface area contributed by atoms with E-state index in [1.807, 2.05) is 74.5 Å². The molecule has 0 amide bonds. The molecule has 4 fully saturated rings. The first kappa shape index (κ1) is 65.9. The van der Waals surface area contributed by atoms with Gasteiger partial charge >= 0.3 is 11.4 Å². The summed E-state index contributed by atoms with van der Waals surface area (Å²) in [5.74, 6) is -0.817. The van der Waals surface area contributed by atoms with Crippen LogP contribution in [0.4, 0.5) is 22.7 Å². The third kappa shape index (κ3) is 15.0. The molecule has 6 aromatic carbocycles. The molecular weight excluding hydrogens is 1310 g/mol. The molecule has 14 rings (SSSR count). The van der Waals surface area contributed by atoms with Gasteiger partial charge in [-0.05, 0) is 134 Å². The van der Waals surface area contributed by atoms with E-state index in [9.17, 15) is 9.59 Å². The molecule has 4 saturated heterocycles. The molecule has 4 atom stereocenters. The van der Waals surface area contributed by atoms with Crippen molar-refractivity contribution in [3.63, 3.8) is 0 Å². The van der Waals surface area contributed by atoms with E-state index >= 15 is 0 Å². The molecular formula is C68H72Cl4N16O8. The molecule has 0 aliphatic carbocycles. The van der Waals surface area contributed by atoms with Crippen molar-refractivity contribution in [3.8, 4) is 22.9 Å². The second-order valence-electron chi connectivity index (χ2n) is 23.6. The van der Waals surface area contributed by atoms with E-state index < -0.39 is 11.6 Å². The SMILES string of the molecule is CCCn1ncn(-c2ccc(N3CCN(c4ccc(OC[C@@H]5CO[C@@](Cn6cncn6)(c6ccc(Cl)cc6Cl)O5)cc4)CC3)cc2)c1=O.CCCn1ncn(-c2ccc(N3CCN(c4ccc(OC[C@H]5CO[C@](Cn6cncn6)(c6ccc(Cl)cc6Cl)O5)cc4)CC3)cc2)c1=O. The number of hydrogen-bond donors (Lipinski definition) is 0. The van der Waals surface area contributed by atoms with Gasteiger partial charge in [0.15, 0.2) is 0 Å². The standard InChI is InChI=1S/2C34H36Cl2N8O4/c2*1-2-13-44-33(45)43(24-39-44)28-6-4-26(5-7-28)40-14-16-41(17-15-40)27-8-10-29(11-9-27)46-19-30-20-47-34(48-30,21-42-23-37-22-38-42)31-12-3-25(35)18-32(31)36/h2*3-12,18,22-24,30H,2,13-17,19-21H2,1H3/t2*30-,34-/m10/s1. The fraction of sp³-hybridized carbons (Fsp3) is 0.353. The van der Waals surface area contributed by atoms with Gasteiger partial charge in [-0.1, -0.05) is 72.4 Å². The Kier molecular flexibility index (Phi) is 20.4. The van der Waals surface area contributed by atoms with Crippen LogP contribution in [0.1, 0.15) is 37.8 Å². The number of aromatic nitrogens is 12. The molecule has 10 aromatic rings. The van der Waals surface area contributed by atoms with Crippen LogP contribution in [0.2, 0.25) is 20.1 Å². The molecule has 500 valence electrons. The van der Waals surface area contributed by atoms with Crippen LogP contribution < -0.4 is 40.5 Å². The monoisotopic (exact) mass is 1380 g/mol. The molecule has 0 saturated carbocycles. The van der Waals surface area contributed by atoms with Crippen LogP contribution in [0.5, 0.6) is 11.5 Å². The zero-order chi connectivity index (χ0) is 66.2. The first-order valence-corrected chi connectivity index (χ1v) is 33.5. The molecule has 0 N–H and O–H groups in total. The van der Waals surface area contributed by atoms with Crippen LogP contribution >= 0.6 is 46.4 Å². The zero-order valence-corrected chi connectivity index (χ0v) is 56.0. The Morgan fingerprint density at radius 1 is 0.448 bits per heavy atom. The highest BCUT2D eigenvalue weighted by atomic mass is 35.5. The topological polar surface area (TPSA) is 209 Å². The minimum atomic E-state index is -1.16. The Morgan fingerprint density at radius 3 is 1.11 bits per heavy atom. The number of piperazine rings is 2. The summed E-state index contributed by atoms with van der Waals surface area (Å²) < 4.78 is 47.2. The first-order chi connectivity index (χ1) is 46.8. The van der Waals surface area contributed by atoms with Crippen LogP contribution in [-0.4, -0.2) is 149 Å². The van der Waals surface area contributed by atoms with Crippen molar-refractivity contribution < 1.29 is 28.4 Å². The average molecular weight is 1380 g/mol. The van der Waals surface area contributed by atoms with Crippen molar-refractivity contribution in [2.75, 3.05) is 98.4 Å². The lowest BCUT2D eigenvalue weighted by molar-refractivity contribution is -0.191. The predicted octanol–water partition coefficient (Wildman–Crippen LogP) is 10.0. The van der Waals surface area contributed by atoms with Gasteiger partial charge in [-0.25, -0.2) is 47.4 Å². The number of benzene rings is 6. The maximum Gasteiger partial charge on any atom is 0.350 e. The lowest BCUT2D eigenvalue weighted by Gasteiger charge is -2.37. The van der Waals surface area contributed by atoms with Crippen LogP contribution in [0.25, 0.3) is 11.4 Å². The minimum Gasteiger partial charge on any atom is -0.491 e. The quantitative estimate of drug-likeness (QED) is 0.0618. The van der Waals surface area contributed by atoms with E-state index in [0.29, 0.717) is 70.7 Å². The first-order valence-electron chi connectivity index (χ1n) is 32.0. The summed E-state index contributed by atoms with van der Waals surface area (Å²) in [5.41, 5.74) is 7.30. The van der Waals surface area contributed by atoms with Gasteiger partial charge in [0.1, 0.15) is 88.0 Å². The Balaban J connectivity index is 0.000000174. The van der Waals surface area contributed by atoms with Crippen molar-refractivity contribution in [2.24, 2.45) is 0 Å². The smallest absolute Gasteiger partial charge is 0.350 e.